The Kier molecular flexibility index (Phi) is 48.5. The molecule has 3 atom stereocenters. The van der Waals surface area contributed by atoms with Crippen molar-refractivity contribution in [2.45, 2.75) is 302 Å². The molecule has 0 rings (SSSR count). The van der Waals surface area contributed by atoms with Gasteiger partial charge in [0.2, 0.25) is 5.91 Å². The monoisotopic (exact) mass is 872 g/mol. The zero-order chi connectivity index (χ0) is 45.2. The summed E-state index contributed by atoms with van der Waals surface area (Å²) in [5.41, 5.74) is 0. The normalized spacial score (nSPS) is 13.4. The molecule has 6 nitrogen and oxygen atoms in total. The van der Waals surface area contributed by atoms with Gasteiger partial charge in [-0.3, -0.25) is 9.59 Å². The number of allylic oxidation sites excluding steroid dienone is 6. The Balaban J connectivity index is 4.60. The number of esters is 1. The first-order chi connectivity index (χ1) is 30.5. The molecule has 0 spiro atoms. The Hall–Kier alpha value is -1.92. The van der Waals surface area contributed by atoms with Crippen molar-refractivity contribution in [1.82, 2.24) is 5.32 Å². The lowest BCUT2D eigenvalue weighted by atomic mass is 10.0. The summed E-state index contributed by atoms with van der Waals surface area (Å²) in [5, 5.41) is 23.7. The summed E-state index contributed by atoms with van der Waals surface area (Å²) < 4.78 is 5.93. The molecule has 1 amide bonds. The van der Waals surface area contributed by atoms with Crippen LogP contribution in [-0.2, 0) is 14.3 Å². The van der Waals surface area contributed by atoms with E-state index in [2.05, 4.69) is 62.5 Å². The number of rotatable bonds is 49. The van der Waals surface area contributed by atoms with Crippen molar-refractivity contribution in [2.75, 3.05) is 6.61 Å². The SMILES string of the molecule is CCCCCCCC/C=C/CCCCCCCCCC(=O)OC(CCCCC/C=C/C=C/CCCCCCCCC)CC(=O)NC(CO)C(O)CCCCCCCCCCCC. The largest absolute Gasteiger partial charge is 0.462 e. The molecule has 0 heterocycles. The van der Waals surface area contributed by atoms with Crippen LogP contribution in [-0.4, -0.2) is 46.9 Å². The number of carbonyl (C=O) groups is 2. The maximum absolute atomic E-state index is 13.2. The van der Waals surface area contributed by atoms with Crippen molar-refractivity contribution >= 4 is 11.9 Å². The van der Waals surface area contributed by atoms with Crippen molar-refractivity contribution in [1.29, 1.82) is 0 Å². The second-order valence-electron chi connectivity index (χ2n) is 18.7. The Morgan fingerprint density at radius 2 is 0.823 bits per heavy atom. The molecule has 0 aromatic heterocycles. The fourth-order valence-corrected chi connectivity index (χ4v) is 8.30. The first-order valence-corrected chi connectivity index (χ1v) is 27.2. The van der Waals surface area contributed by atoms with Gasteiger partial charge in [0, 0.05) is 6.42 Å². The minimum Gasteiger partial charge on any atom is -0.462 e. The summed E-state index contributed by atoms with van der Waals surface area (Å²) in [6.45, 7) is 6.47. The predicted molar refractivity (Wildman–Crippen MR) is 269 cm³/mol. The van der Waals surface area contributed by atoms with Crippen LogP contribution in [0, 0.1) is 0 Å². The minimum absolute atomic E-state index is 0.0604. The third kappa shape index (κ3) is 44.7. The third-order valence-electron chi connectivity index (χ3n) is 12.5. The van der Waals surface area contributed by atoms with Crippen molar-refractivity contribution in [3.63, 3.8) is 0 Å². The van der Waals surface area contributed by atoms with E-state index in [-0.39, 0.29) is 24.9 Å². The lowest BCUT2D eigenvalue weighted by molar-refractivity contribution is -0.151. The number of aliphatic hydroxyl groups excluding tert-OH is 2. The summed E-state index contributed by atoms with van der Waals surface area (Å²) in [6, 6.07) is -0.708. The van der Waals surface area contributed by atoms with Gasteiger partial charge >= 0.3 is 5.97 Å². The Labute approximate surface area is 385 Å². The molecule has 6 heteroatoms. The molecule has 0 aliphatic rings. The number of unbranched alkanes of at least 4 members (excludes halogenated alkanes) is 32. The lowest BCUT2D eigenvalue weighted by Gasteiger charge is -2.24. The summed E-state index contributed by atoms with van der Waals surface area (Å²) in [6.07, 6.45) is 59.2. The molecule has 0 aliphatic heterocycles. The van der Waals surface area contributed by atoms with Crippen LogP contribution in [0.2, 0.25) is 0 Å². The van der Waals surface area contributed by atoms with Crippen LogP contribution in [0.5, 0.6) is 0 Å². The van der Waals surface area contributed by atoms with Crippen molar-refractivity contribution in [3.05, 3.63) is 36.5 Å². The summed E-state index contributed by atoms with van der Waals surface area (Å²) in [4.78, 5) is 26.2. The maximum Gasteiger partial charge on any atom is 0.306 e. The highest BCUT2D eigenvalue weighted by Gasteiger charge is 2.24. The van der Waals surface area contributed by atoms with E-state index in [4.69, 9.17) is 4.74 Å². The molecular formula is C56H105NO5. The zero-order valence-corrected chi connectivity index (χ0v) is 41.5. The lowest BCUT2D eigenvalue weighted by Crippen LogP contribution is -2.46. The van der Waals surface area contributed by atoms with Gasteiger partial charge in [-0.2, -0.15) is 0 Å². The van der Waals surface area contributed by atoms with Gasteiger partial charge in [-0.05, 0) is 77.0 Å². The molecule has 0 aliphatic carbocycles. The van der Waals surface area contributed by atoms with Crippen molar-refractivity contribution in [3.8, 4) is 0 Å². The first kappa shape index (κ1) is 60.1. The topological polar surface area (TPSA) is 95.9 Å². The van der Waals surface area contributed by atoms with Gasteiger partial charge in [0.05, 0.1) is 25.2 Å². The molecular weight excluding hydrogens is 767 g/mol. The fraction of sp³-hybridized carbons (Fsp3) is 0.857. The summed E-state index contributed by atoms with van der Waals surface area (Å²) >= 11 is 0. The molecule has 0 radical (unpaired) electrons. The van der Waals surface area contributed by atoms with E-state index >= 15 is 0 Å². The van der Waals surface area contributed by atoms with Crippen molar-refractivity contribution < 1.29 is 24.5 Å². The molecule has 364 valence electrons. The molecule has 3 N–H and O–H groups in total. The van der Waals surface area contributed by atoms with Crippen LogP contribution in [0.25, 0.3) is 0 Å². The maximum atomic E-state index is 13.2. The smallest absolute Gasteiger partial charge is 0.306 e. The van der Waals surface area contributed by atoms with Gasteiger partial charge < -0.3 is 20.3 Å². The number of nitrogens with one attached hydrogen (secondary N) is 1. The van der Waals surface area contributed by atoms with Crippen LogP contribution in [0.15, 0.2) is 36.5 Å². The van der Waals surface area contributed by atoms with E-state index in [0.717, 1.165) is 70.6 Å². The van der Waals surface area contributed by atoms with Crippen LogP contribution < -0.4 is 5.32 Å². The minimum atomic E-state index is -0.793. The van der Waals surface area contributed by atoms with Crippen molar-refractivity contribution in [2.24, 2.45) is 0 Å². The number of ether oxygens (including phenoxy) is 1. The van der Waals surface area contributed by atoms with Gasteiger partial charge in [0.15, 0.2) is 0 Å². The van der Waals surface area contributed by atoms with Gasteiger partial charge in [-0.25, -0.2) is 0 Å². The van der Waals surface area contributed by atoms with Crippen LogP contribution >= 0.6 is 0 Å². The predicted octanol–water partition coefficient (Wildman–Crippen LogP) is 16.5. The zero-order valence-electron chi connectivity index (χ0n) is 41.5. The highest BCUT2D eigenvalue weighted by molar-refractivity contribution is 5.77. The fourth-order valence-electron chi connectivity index (χ4n) is 8.30. The Morgan fingerprint density at radius 1 is 0.468 bits per heavy atom. The standard InChI is InChI=1S/C56H105NO5/c1-4-7-10-13-16-19-22-24-26-28-30-32-34-37-40-43-46-49-56(61)62-52(47-44-41-38-35-33-31-29-27-25-23-20-17-14-11-8-5-2)50-55(60)57-53(51-58)54(59)48-45-42-39-36-21-18-15-12-9-6-3/h24,26-27,29,31,33,52-54,58-59H,4-23,25,28,30,32,34-51H2,1-3H3,(H,57,60)/b26-24+,29-27+,33-31+. The molecule has 0 bridgehead atoms. The van der Waals surface area contributed by atoms with E-state index in [0.29, 0.717) is 19.3 Å². The number of hydrogen-bond donors (Lipinski definition) is 3. The highest BCUT2D eigenvalue weighted by Crippen LogP contribution is 2.18. The van der Waals surface area contributed by atoms with E-state index in [1.54, 1.807) is 0 Å². The van der Waals surface area contributed by atoms with E-state index < -0.39 is 18.2 Å². The second-order valence-corrected chi connectivity index (χ2v) is 18.7. The van der Waals surface area contributed by atoms with Crippen LogP contribution in [0.4, 0.5) is 0 Å². The number of carbonyl (C=O) groups excluding carboxylic acids is 2. The quantitative estimate of drug-likeness (QED) is 0.0245. The Morgan fingerprint density at radius 3 is 1.26 bits per heavy atom. The van der Waals surface area contributed by atoms with E-state index in [9.17, 15) is 19.8 Å². The average Bonchev–Trinajstić information content (AvgIpc) is 3.26. The molecule has 62 heavy (non-hydrogen) atoms. The average molecular weight is 872 g/mol. The van der Waals surface area contributed by atoms with Crippen LogP contribution in [0.3, 0.4) is 0 Å². The van der Waals surface area contributed by atoms with E-state index in [1.165, 1.54) is 167 Å². The van der Waals surface area contributed by atoms with Gasteiger partial charge in [-0.15, -0.1) is 0 Å². The first-order valence-electron chi connectivity index (χ1n) is 27.2. The van der Waals surface area contributed by atoms with Gasteiger partial charge in [-0.1, -0.05) is 231 Å². The van der Waals surface area contributed by atoms with E-state index in [1.807, 2.05) is 0 Å². The molecule has 0 fully saturated rings. The second kappa shape index (κ2) is 50.1. The van der Waals surface area contributed by atoms with Gasteiger partial charge in [0.25, 0.3) is 0 Å². The molecule has 0 saturated carbocycles. The summed E-state index contributed by atoms with van der Waals surface area (Å²) in [7, 11) is 0. The third-order valence-corrected chi connectivity index (χ3v) is 12.5. The number of aliphatic hydroxyl groups is 2. The highest BCUT2D eigenvalue weighted by atomic mass is 16.5. The number of hydrogen-bond acceptors (Lipinski definition) is 5. The van der Waals surface area contributed by atoms with Crippen LogP contribution in [0.1, 0.15) is 284 Å². The Bertz CT molecular complexity index is 1020. The summed E-state index contributed by atoms with van der Waals surface area (Å²) in [5.74, 6) is -0.495. The number of amides is 1. The molecule has 0 aromatic rings. The molecule has 0 saturated heterocycles. The molecule has 3 unspecified atom stereocenters. The van der Waals surface area contributed by atoms with Gasteiger partial charge in [0.1, 0.15) is 6.10 Å². The molecule has 0 aromatic carbocycles.